The van der Waals surface area contributed by atoms with Gasteiger partial charge in [-0.15, -0.1) is 0 Å². The van der Waals surface area contributed by atoms with Crippen LogP contribution in [0.2, 0.25) is 0 Å². The Balaban J connectivity index is 1.57. The third kappa shape index (κ3) is 4.54. The zero-order chi connectivity index (χ0) is 18.6. The van der Waals surface area contributed by atoms with Crippen molar-refractivity contribution in [1.82, 2.24) is 9.21 Å². The van der Waals surface area contributed by atoms with Gasteiger partial charge in [-0.25, -0.2) is 13.2 Å². The predicted molar refractivity (Wildman–Crippen MR) is 98.8 cm³/mol. The molecular weight excluding hydrogens is 352 g/mol. The van der Waals surface area contributed by atoms with E-state index in [1.807, 2.05) is 24.3 Å². The number of likely N-dealkylation sites (tertiary alicyclic amines) is 1. The Labute approximate surface area is 154 Å². The number of carbonyl (C=O) groups is 1. The average Bonchev–Trinajstić information content (AvgIpc) is 2.94. The second kappa shape index (κ2) is 8.06. The lowest BCUT2D eigenvalue weighted by Crippen LogP contribution is -2.41. The first kappa shape index (κ1) is 18.7. The smallest absolute Gasteiger partial charge is 0.321 e. The van der Waals surface area contributed by atoms with Crippen molar-refractivity contribution in [1.29, 1.82) is 5.26 Å². The van der Waals surface area contributed by atoms with Crippen LogP contribution in [0.1, 0.15) is 31.2 Å². The maximum absolute atomic E-state index is 12.4. The van der Waals surface area contributed by atoms with Crippen molar-refractivity contribution in [2.75, 3.05) is 30.7 Å². The highest BCUT2D eigenvalue weighted by molar-refractivity contribution is 7.89. The van der Waals surface area contributed by atoms with Gasteiger partial charge in [0.05, 0.1) is 11.8 Å². The monoisotopic (exact) mass is 376 g/mol. The molecule has 0 spiro atoms. The van der Waals surface area contributed by atoms with Gasteiger partial charge in [0.15, 0.2) is 0 Å². The van der Waals surface area contributed by atoms with Crippen molar-refractivity contribution in [2.24, 2.45) is 5.92 Å². The number of sulfonamides is 1. The van der Waals surface area contributed by atoms with E-state index in [1.165, 1.54) is 4.31 Å². The third-order valence-electron chi connectivity index (χ3n) is 5.02. The summed E-state index contributed by atoms with van der Waals surface area (Å²) in [5.41, 5.74) is 1.53. The van der Waals surface area contributed by atoms with Crippen LogP contribution in [0, 0.1) is 17.2 Å². The molecule has 140 valence electrons. The van der Waals surface area contributed by atoms with Crippen LogP contribution in [-0.2, 0) is 16.6 Å². The fraction of sp³-hybridized carbons (Fsp3) is 0.556. The lowest BCUT2D eigenvalue weighted by Gasteiger charge is -2.31. The first-order chi connectivity index (χ1) is 12.5. The summed E-state index contributed by atoms with van der Waals surface area (Å²) in [6.45, 7) is 2.20. The van der Waals surface area contributed by atoms with Crippen LogP contribution in [0.25, 0.3) is 0 Å². The molecule has 2 amide bonds. The van der Waals surface area contributed by atoms with E-state index >= 15 is 0 Å². The molecule has 26 heavy (non-hydrogen) atoms. The Bertz CT molecular complexity index is 795. The maximum Gasteiger partial charge on any atom is 0.321 e. The number of nitriles is 1. The number of anilines is 1. The number of urea groups is 1. The van der Waals surface area contributed by atoms with E-state index in [9.17, 15) is 13.2 Å². The normalized spacial score (nSPS) is 20.7. The maximum atomic E-state index is 12.4. The fourth-order valence-corrected chi connectivity index (χ4v) is 5.00. The summed E-state index contributed by atoms with van der Waals surface area (Å²) in [5, 5.41) is 11.7. The van der Waals surface area contributed by atoms with Crippen LogP contribution in [0.4, 0.5) is 10.5 Å². The van der Waals surface area contributed by atoms with Gasteiger partial charge in [0.1, 0.15) is 0 Å². The van der Waals surface area contributed by atoms with E-state index < -0.39 is 10.0 Å². The average molecular weight is 376 g/mol. The lowest BCUT2D eigenvalue weighted by molar-refractivity contribution is 0.183. The minimum Gasteiger partial charge on any atom is -0.325 e. The van der Waals surface area contributed by atoms with E-state index in [4.69, 9.17) is 5.26 Å². The number of nitrogens with zero attached hydrogens (tertiary/aromatic N) is 3. The van der Waals surface area contributed by atoms with Crippen LogP contribution in [0.15, 0.2) is 24.3 Å². The molecule has 2 fully saturated rings. The molecular formula is C18H24N4O3S. The molecule has 0 saturated carbocycles. The Hall–Kier alpha value is -2.11. The van der Waals surface area contributed by atoms with Crippen LogP contribution in [0.5, 0.6) is 0 Å². The predicted octanol–water partition coefficient (Wildman–Crippen LogP) is 2.38. The lowest BCUT2D eigenvalue weighted by atomic mass is 9.94. The van der Waals surface area contributed by atoms with Gasteiger partial charge in [-0.2, -0.15) is 9.57 Å². The van der Waals surface area contributed by atoms with Gasteiger partial charge in [0.2, 0.25) is 10.0 Å². The zero-order valence-corrected chi connectivity index (χ0v) is 15.5. The molecule has 1 aromatic carbocycles. The minimum atomic E-state index is -3.13. The summed E-state index contributed by atoms with van der Waals surface area (Å²) in [6, 6.07) is 9.38. The molecule has 1 N–H and O–H groups in total. The number of amides is 2. The Kier molecular flexibility index (Phi) is 5.79. The number of hydrogen-bond donors (Lipinski definition) is 1. The number of piperidine rings is 1. The van der Waals surface area contributed by atoms with Gasteiger partial charge < -0.3 is 10.2 Å². The molecule has 0 atom stereocenters. The first-order valence-corrected chi connectivity index (χ1v) is 10.6. The zero-order valence-electron chi connectivity index (χ0n) is 14.7. The Morgan fingerprint density at radius 2 is 2.04 bits per heavy atom. The quantitative estimate of drug-likeness (QED) is 0.873. The molecule has 3 rings (SSSR count). The number of nitrogens with one attached hydrogen (secondary N) is 1. The summed E-state index contributed by atoms with van der Waals surface area (Å²) in [7, 11) is -3.13. The largest absolute Gasteiger partial charge is 0.325 e. The molecule has 0 aromatic heterocycles. The van der Waals surface area contributed by atoms with Gasteiger partial charge in [0.25, 0.3) is 0 Å². The second-order valence-electron chi connectivity index (χ2n) is 6.93. The molecule has 0 radical (unpaired) electrons. The first-order valence-electron chi connectivity index (χ1n) is 8.97. The SMILES string of the molecule is N#CCC1CCN(C(=O)Nc2cccc(CN3CCCS3(=O)=O)c2)CC1. The summed E-state index contributed by atoms with van der Waals surface area (Å²) in [4.78, 5) is 14.2. The molecule has 2 saturated heterocycles. The van der Waals surface area contributed by atoms with E-state index in [-0.39, 0.29) is 11.8 Å². The van der Waals surface area contributed by atoms with Crippen molar-refractivity contribution in [3.63, 3.8) is 0 Å². The molecule has 8 heteroatoms. The van der Waals surface area contributed by atoms with Crippen LogP contribution < -0.4 is 5.32 Å². The second-order valence-corrected chi connectivity index (χ2v) is 9.01. The summed E-state index contributed by atoms with van der Waals surface area (Å²) < 4.78 is 25.4. The van der Waals surface area contributed by atoms with Gasteiger partial charge in [-0.3, -0.25) is 0 Å². The van der Waals surface area contributed by atoms with E-state index in [0.29, 0.717) is 50.6 Å². The van der Waals surface area contributed by atoms with Gasteiger partial charge in [0, 0.05) is 38.3 Å². The molecule has 7 nitrogen and oxygen atoms in total. The fourth-order valence-electron chi connectivity index (χ4n) is 3.49. The van der Waals surface area contributed by atoms with E-state index in [2.05, 4.69) is 11.4 Å². The highest BCUT2D eigenvalue weighted by Crippen LogP contribution is 2.22. The van der Waals surface area contributed by atoms with Gasteiger partial charge in [-0.1, -0.05) is 12.1 Å². The third-order valence-corrected chi connectivity index (χ3v) is 6.93. The van der Waals surface area contributed by atoms with Gasteiger partial charge >= 0.3 is 6.03 Å². The molecule has 0 bridgehead atoms. The van der Waals surface area contributed by atoms with Crippen LogP contribution >= 0.6 is 0 Å². The highest BCUT2D eigenvalue weighted by atomic mass is 32.2. The Morgan fingerprint density at radius 3 is 2.69 bits per heavy atom. The summed E-state index contributed by atoms with van der Waals surface area (Å²) in [5.74, 6) is 0.598. The highest BCUT2D eigenvalue weighted by Gasteiger charge is 2.28. The molecule has 0 aliphatic carbocycles. The number of hydrogen-bond acceptors (Lipinski definition) is 4. The van der Waals surface area contributed by atoms with Gasteiger partial charge in [-0.05, 0) is 42.9 Å². The number of carbonyl (C=O) groups excluding carboxylic acids is 1. The summed E-state index contributed by atoms with van der Waals surface area (Å²) in [6.07, 6.45) is 2.93. The molecule has 0 unspecified atom stereocenters. The van der Waals surface area contributed by atoms with Crippen molar-refractivity contribution in [2.45, 2.75) is 32.2 Å². The summed E-state index contributed by atoms with van der Waals surface area (Å²) >= 11 is 0. The standard InChI is InChI=1S/C18H24N4O3S/c19-8-5-15-6-10-21(11-7-15)18(23)20-17-4-1-3-16(13-17)14-22-9-2-12-26(22,24)25/h1,3-4,13,15H,2,5-7,9-12,14H2,(H,20,23). The van der Waals surface area contributed by atoms with E-state index in [1.54, 1.807) is 4.90 Å². The van der Waals surface area contributed by atoms with Crippen LogP contribution in [0.3, 0.4) is 0 Å². The molecule has 2 aliphatic heterocycles. The van der Waals surface area contributed by atoms with E-state index in [0.717, 1.165) is 18.4 Å². The number of benzene rings is 1. The molecule has 1 aromatic rings. The van der Waals surface area contributed by atoms with Crippen molar-refractivity contribution in [3.8, 4) is 6.07 Å². The van der Waals surface area contributed by atoms with Crippen molar-refractivity contribution in [3.05, 3.63) is 29.8 Å². The molecule has 2 aliphatic rings. The van der Waals surface area contributed by atoms with Crippen molar-refractivity contribution >= 4 is 21.7 Å². The topological polar surface area (TPSA) is 93.5 Å². The minimum absolute atomic E-state index is 0.147. The Morgan fingerprint density at radius 1 is 1.27 bits per heavy atom. The van der Waals surface area contributed by atoms with Crippen molar-refractivity contribution < 1.29 is 13.2 Å². The molecule has 2 heterocycles. The number of rotatable bonds is 4. The van der Waals surface area contributed by atoms with Crippen LogP contribution in [-0.4, -0.2) is 49.0 Å².